The van der Waals surface area contributed by atoms with Crippen molar-refractivity contribution >= 4 is 11.8 Å². The number of carbonyl (C=O) groups is 2. The van der Waals surface area contributed by atoms with Crippen LogP contribution in [-0.2, 0) is 0 Å². The number of rotatable bonds is 4. The fourth-order valence-electron chi connectivity index (χ4n) is 1.74. The van der Waals surface area contributed by atoms with E-state index in [2.05, 4.69) is 4.98 Å². The molecule has 1 heterocycles. The zero-order valence-electron chi connectivity index (χ0n) is 10.2. The second-order valence-electron chi connectivity index (χ2n) is 3.73. The molecule has 5 heteroatoms. The molecule has 0 aliphatic carbocycles. The first-order valence-electron chi connectivity index (χ1n) is 5.51. The predicted molar refractivity (Wildman–Crippen MR) is 67.6 cm³/mol. The van der Waals surface area contributed by atoms with Crippen molar-refractivity contribution in [2.24, 2.45) is 0 Å². The molecule has 2 aromatic rings. The summed E-state index contributed by atoms with van der Waals surface area (Å²) >= 11 is 0. The van der Waals surface area contributed by atoms with Gasteiger partial charge in [-0.15, -0.1) is 0 Å². The first-order chi connectivity index (χ1) is 9.15. The molecular weight excluding hydrogens is 246 g/mol. The van der Waals surface area contributed by atoms with Crippen LogP contribution in [0.4, 0.5) is 0 Å². The molecule has 0 fully saturated rings. The summed E-state index contributed by atoms with van der Waals surface area (Å²) in [5, 5.41) is 9.04. The normalized spacial score (nSPS) is 9.95. The van der Waals surface area contributed by atoms with E-state index in [0.29, 0.717) is 11.3 Å². The van der Waals surface area contributed by atoms with E-state index in [-0.39, 0.29) is 11.3 Å². The van der Waals surface area contributed by atoms with Crippen molar-refractivity contribution in [2.45, 2.75) is 0 Å². The number of ketones is 1. The van der Waals surface area contributed by atoms with Crippen LogP contribution in [0.2, 0.25) is 0 Å². The number of carbonyl (C=O) groups excluding carboxylic acids is 1. The van der Waals surface area contributed by atoms with Crippen LogP contribution < -0.4 is 4.74 Å². The van der Waals surface area contributed by atoms with Gasteiger partial charge >= 0.3 is 5.97 Å². The number of aromatic carboxylic acids is 1. The Kier molecular flexibility index (Phi) is 3.56. The maximum Gasteiger partial charge on any atom is 0.355 e. The van der Waals surface area contributed by atoms with E-state index < -0.39 is 11.8 Å². The minimum absolute atomic E-state index is 0.0412. The molecule has 1 N–H and O–H groups in total. The van der Waals surface area contributed by atoms with Gasteiger partial charge in [0.15, 0.2) is 11.5 Å². The fraction of sp³-hybridized carbons (Fsp3) is 0.0714. The van der Waals surface area contributed by atoms with E-state index in [9.17, 15) is 9.59 Å². The molecule has 96 valence electrons. The summed E-state index contributed by atoms with van der Waals surface area (Å²) in [4.78, 5) is 27.2. The number of carboxylic acid groups (broad SMARTS) is 1. The Morgan fingerprint density at radius 2 is 1.79 bits per heavy atom. The Balaban J connectivity index is 2.53. The zero-order valence-corrected chi connectivity index (χ0v) is 10.2. The topological polar surface area (TPSA) is 76.5 Å². The monoisotopic (exact) mass is 257 g/mol. The lowest BCUT2D eigenvalue weighted by Gasteiger charge is -2.08. The molecule has 0 bridgehead atoms. The molecule has 2 rings (SSSR count). The first-order valence-corrected chi connectivity index (χ1v) is 5.51. The molecule has 1 aromatic carbocycles. The largest absolute Gasteiger partial charge is 0.496 e. The maximum absolute atomic E-state index is 12.4. The summed E-state index contributed by atoms with van der Waals surface area (Å²) in [5.41, 5.74) is 0.0819. The van der Waals surface area contributed by atoms with Crippen LogP contribution in [0.3, 0.4) is 0 Å². The van der Waals surface area contributed by atoms with Gasteiger partial charge < -0.3 is 9.84 Å². The van der Waals surface area contributed by atoms with Crippen LogP contribution in [0.25, 0.3) is 0 Å². The standard InChI is InChI=1S/C14H11NO4/c1-19-11-7-3-2-5-9(11)13(16)10-6-4-8-15-12(10)14(17)18/h2-8H,1H3,(H,17,18). The Morgan fingerprint density at radius 3 is 2.47 bits per heavy atom. The first kappa shape index (κ1) is 12.8. The van der Waals surface area contributed by atoms with E-state index in [1.165, 1.54) is 25.4 Å². The number of ether oxygens (including phenoxy) is 1. The van der Waals surface area contributed by atoms with Crippen LogP contribution in [0, 0.1) is 0 Å². The number of hydrogen-bond donors (Lipinski definition) is 1. The van der Waals surface area contributed by atoms with E-state index in [0.717, 1.165) is 0 Å². The highest BCUT2D eigenvalue weighted by Gasteiger charge is 2.21. The summed E-state index contributed by atoms with van der Waals surface area (Å²) < 4.78 is 5.10. The zero-order chi connectivity index (χ0) is 13.8. The van der Waals surface area contributed by atoms with Crippen LogP contribution >= 0.6 is 0 Å². The molecule has 0 spiro atoms. The average Bonchev–Trinajstić information content (AvgIpc) is 2.46. The van der Waals surface area contributed by atoms with Crippen molar-refractivity contribution in [3.8, 4) is 5.75 Å². The highest BCUT2D eigenvalue weighted by Crippen LogP contribution is 2.22. The van der Waals surface area contributed by atoms with E-state index in [4.69, 9.17) is 9.84 Å². The van der Waals surface area contributed by atoms with E-state index in [1.807, 2.05) is 0 Å². The lowest BCUT2D eigenvalue weighted by atomic mass is 10.0. The van der Waals surface area contributed by atoms with Crippen molar-refractivity contribution in [3.63, 3.8) is 0 Å². The minimum Gasteiger partial charge on any atom is -0.496 e. The van der Waals surface area contributed by atoms with Gasteiger partial charge in [-0.2, -0.15) is 0 Å². The minimum atomic E-state index is -1.24. The second kappa shape index (κ2) is 5.30. The molecule has 0 aliphatic heterocycles. The number of benzene rings is 1. The van der Waals surface area contributed by atoms with E-state index in [1.54, 1.807) is 24.3 Å². The number of carboxylic acids is 1. The second-order valence-corrected chi connectivity index (χ2v) is 3.73. The Hall–Kier alpha value is -2.69. The van der Waals surface area contributed by atoms with Gasteiger partial charge in [0.05, 0.1) is 18.2 Å². The third-order valence-electron chi connectivity index (χ3n) is 2.61. The Morgan fingerprint density at radius 1 is 1.11 bits per heavy atom. The van der Waals surface area contributed by atoms with Gasteiger partial charge in [-0.25, -0.2) is 9.78 Å². The van der Waals surface area contributed by atoms with Gasteiger partial charge in [0.1, 0.15) is 5.75 Å². The lowest BCUT2D eigenvalue weighted by molar-refractivity contribution is 0.0686. The molecule has 0 saturated carbocycles. The van der Waals surface area contributed by atoms with Gasteiger partial charge in [0.25, 0.3) is 0 Å². The maximum atomic E-state index is 12.4. The van der Waals surface area contributed by atoms with Crippen LogP contribution in [0.15, 0.2) is 42.6 Å². The van der Waals surface area contributed by atoms with Crippen molar-refractivity contribution in [1.29, 1.82) is 0 Å². The summed E-state index contributed by atoms with van der Waals surface area (Å²) in [6.07, 6.45) is 1.34. The molecule has 0 saturated heterocycles. The average molecular weight is 257 g/mol. The number of methoxy groups -OCH3 is 1. The molecule has 19 heavy (non-hydrogen) atoms. The number of aromatic nitrogens is 1. The molecule has 0 unspecified atom stereocenters. The molecule has 5 nitrogen and oxygen atoms in total. The van der Waals surface area contributed by atoms with Gasteiger partial charge in [0, 0.05) is 6.20 Å². The SMILES string of the molecule is COc1ccccc1C(=O)c1cccnc1C(=O)O. The predicted octanol–water partition coefficient (Wildman–Crippen LogP) is 2.02. The molecule has 0 aliphatic rings. The summed E-state index contributed by atoms with van der Waals surface area (Å²) in [6, 6.07) is 9.60. The Bertz CT molecular complexity index is 637. The molecular formula is C14H11NO4. The van der Waals surface area contributed by atoms with Crippen molar-refractivity contribution < 1.29 is 19.4 Å². The lowest BCUT2D eigenvalue weighted by Crippen LogP contribution is -2.12. The van der Waals surface area contributed by atoms with Gasteiger partial charge in [0.2, 0.25) is 0 Å². The van der Waals surface area contributed by atoms with Crippen molar-refractivity contribution in [3.05, 3.63) is 59.4 Å². The number of nitrogens with zero attached hydrogens (tertiary/aromatic N) is 1. The van der Waals surface area contributed by atoms with Crippen molar-refractivity contribution in [2.75, 3.05) is 7.11 Å². The third-order valence-corrected chi connectivity index (χ3v) is 2.61. The van der Waals surface area contributed by atoms with Crippen molar-refractivity contribution in [1.82, 2.24) is 4.98 Å². The summed E-state index contributed by atoms with van der Waals surface area (Å²) in [6.45, 7) is 0. The number of para-hydroxylation sites is 1. The van der Waals surface area contributed by atoms with Gasteiger partial charge in [-0.1, -0.05) is 12.1 Å². The molecule has 1 aromatic heterocycles. The smallest absolute Gasteiger partial charge is 0.355 e. The van der Waals surface area contributed by atoms with Gasteiger partial charge in [-0.05, 0) is 24.3 Å². The quantitative estimate of drug-likeness (QED) is 0.848. The third kappa shape index (κ3) is 2.44. The van der Waals surface area contributed by atoms with E-state index >= 15 is 0 Å². The highest BCUT2D eigenvalue weighted by molar-refractivity contribution is 6.14. The van der Waals surface area contributed by atoms with Crippen LogP contribution in [0.5, 0.6) is 5.75 Å². The Labute approximate surface area is 109 Å². The van der Waals surface area contributed by atoms with Crippen LogP contribution in [0.1, 0.15) is 26.4 Å². The van der Waals surface area contributed by atoms with Gasteiger partial charge in [-0.3, -0.25) is 4.79 Å². The fourth-order valence-corrected chi connectivity index (χ4v) is 1.74. The van der Waals surface area contributed by atoms with Crippen LogP contribution in [-0.4, -0.2) is 29.0 Å². The number of hydrogen-bond acceptors (Lipinski definition) is 4. The molecule has 0 radical (unpaired) electrons. The number of pyridine rings is 1. The summed E-state index contributed by atoms with van der Waals surface area (Å²) in [7, 11) is 1.45. The summed E-state index contributed by atoms with van der Waals surface area (Å²) in [5.74, 6) is -1.27. The molecule has 0 atom stereocenters. The molecule has 0 amide bonds. The highest BCUT2D eigenvalue weighted by atomic mass is 16.5.